The zero-order valence-corrected chi connectivity index (χ0v) is 18.5. The Kier molecular flexibility index (Phi) is 10.0. The van der Waals surface area contributed by atoms with Crippen LogP contribution in [0.5, 0.6) is 0 Å². The van der Waals surface area contributed by atoms with Crippen LogP contribution >= 0.6 is 11.3 Å². The van der Waals surface area contributed by atoms with Crippen LogP contribution in [0.2, 0.25) is 0 Å². The van der Waals surface area contributed by atoms with Gasteiger partial charge < -0.3 is 10.6 Å². The molecule has 0 aromatic carbocycles. The Labute approximate surface area is 184 Å². The third-order valence-corrected chi connectivity index (χ3v) is 5.64. The topological polar surface area (TPSA) is 151 Å². The van der Waals surface area contributed by atoms with E-state index in [1.54, 1.807) is 27.9 Å². The SMILES string of the molecule is CCC(C)C(CC(=O)NO)C(=O)NCc1cn(CCCCC(=O)Nc2nccs2)nn1. The fourth-order valence-electron chi connectivity index (χ4n) is 2.95. The summed E-state index contributed by atoms with van der Waals surface area (Å²) < 4.78 is 1.67. The quantitative estimate of drug-likeness (QED) is 0.206. The lowest BCUT2D eigenvalue weighted by atomic mass is 9.88. The lowest BCUT2D eigenvalue weighted by Crippen LogP contribution is -2.37. The van der Waals surface area contributed by atoms with Crippen LogP contribution in [0, 0.1) is 11.8 Å². The van der Waals surface area contributed by atoms with Crippen LogP contribution in [0.3, 0.4) is 0 Å². The first kappa shape index (κ1) is 24.4. The first-order valence-electron chi connectivity index (χ1n) is 10.2. The van der Waals surface area contributed by atoms with Gasteiger partial charge in [-0.1, -0.05) is 25.5 Å². The maximum absolute atomic E-state index is 12.5. The van der Waals surface area contributed by atoms with Crippen LogP contribution in [0.1, 0.15) is 51.6 Å². The Balaban J connectivity index is 1.72. The molecule has 0 saturated carbocycles. The number of nitrogens with zero attached hydrogens (tertiary/aromatic N) is 4. The average molecular weight is 452 g/mol. The smallest absolute Gasteiger partial charge is 0.244 e. The molecule has 2 rings (SSSR count). The number of aromatic nitrogens is 4. The molecule has 0 saturated heterocycles. The van der Waals surface area contributed by atoms with Crippen LogP contribution < -0.4 is 16.1 Å². The number of thiazole rings is 1. The Hall–Kier alpha value is -2.86. The Bertz CT molecular complexity index is 840. The molecule has 2 aromatic heterocycles. The zero-order valence-electron chi connectivity index (χ0n) is 17.7. The maximum Gasteiger partial charge on any atom is 0.244 e. The Morgan fingerprint density at radius 1 is 1.26 bits per heavy atom. The Morgan fingerprint density at radius 2 is 2.06 bits per heavy atom. The average Bonchev–Trinajstić information content (AvgIpc) is 3.44. The summed E-state index contributed by atoms with van der Waals surface area (Å²) in [5, 5.41) is 24.7. The molecule has 0 aliphatic carbocycles. The second-order valence-electron chi connectivity index (χ2n) is 7.26. The highest BCUT2D eigenvalue weighted by Crippen LogP contribution is 2.19. The summed E-state index contributed by atoms with van der Waals surface area (Å²) in [6.07, 6.45) is 5.89. The number of carbonyl (C=O) groups is 3. The molecule has 31 heavy (non-hydrogen) atoms. The molecule has 0 aliphatic rings. The minimum Gasteiger partial charge on any atom is -0.350 e. The molecule has 12 heteroatoms. The molecule has 4 N–H and O–H groups in total. The zero-order chi connectivity index (χ0) is 22.6. The van der Waals surface area contributed by atoms with Crippen molar-refractivity contribution in [3.05, 3.63) is 23.5 Å². The number of rotatable bonds is 13. The van der Waals surface area contributed by atoms with Gasteiger partial charge in [-0.15, -0.1) is 16.4 Å². The van der Waals surface area contributed by atoms with Crippen molar-refractivity contribution in [1.82, 2.24) is 30.8 Å². The number of hydrogen-bond acceptors (Lipinski definition) is 8. The molecule has 2 aromatic rings. The third kappa shape index (κ3) is 8.42. The number of unbranched alkanes of at least 4 members (excludes halogenated alkanes) is 1. The van der Waals surface area contributed by atoms with Crippen molar-refractivity contribution in [3.8, 4) is 0 Å². The molecule has 170 valence electrons. The predicted molar refractivity (Wildman–Crippen MR) is 114 cm³/mol. The van der Waals surface area contributed by atoms with Gasteiger partial charge in [0.1, 0.15) is 5.69 Å². The molecule has 2 unspecified atom stereocenters. The fraction of sp³-hybridized carbons (Fsp3) is 0.579. The first-order valence-corrected chi connectivity index (χ1v) is 11.1. The van der Waals surface area contributed by atoms with E-state index in [2.05, 4.69) is 25.9 Å². The summed E-state index contributed by atoms with van der Waals surface area (Å²) in [6, 6.07) is 0. The van der Waals surface area contributed by atoms with E-state index in [0.29, 0.717) is 30.2 Å². The highest BCUT2D eigenvalue weighted by molar-refractivity contribution is 7.13. The highest BCUT2D eigenvalue weighted by atomic mass is 32.1. The van der Waals surface area contributed by atoms with Crippen molar-refractivity contribution in [2.24, 2.45) is 11.8 Å². The van der Waals surface area contributed by atoms with Crippen molar-refractivity contribution in [3.63, 3.8) is 0 Å². The van der Waals surface area contributed by atoms with Gasteiger partial charge in [-0.05, 0) is 18.8 Å². The summed E-state index contributed by atoms with van der Waals surface area (Å²) in [5.74, 6) is -1.48. The van der Waals surface area contributed by atoms with Gasteiger partial charge in [0.15, 0.2) is 5.13 Å². The molecule has 2 atom stereocenters. The van der Waals surface area contributed by atoms with Gasteiger partial charge in [-0.2, -0.15) is 0 Å². The minimum atomic E-state index is -0.591. The largest absolute Gasteiger partial charge is 0.350 e. The van der Waals surface area contributed by atoms with Gasteiger partial charge in [-0.25, -0.2) is 10.5 Å². The molecular weight excluding hydrogens is 422 g/mol. The molecule has 0 spiro atoms. The molecule has 0 aliphatic heterocycles. The van der Waals surface area contributed by atoms with Crippen molar-refractivity contribution >= 4 is 34.2 Å². The van der Waals surface area contributed by atoms with E-state index < -0.39 is 11.8 Å². The Morgan fingerprint density at radius 3 is 2.74 bits per heavy atom. The van der Waals surface area contributed by atoms with E-state index in [1.807, 2.05) is 13.8 Å². The number of hydroxylamine groups is 1. The molecule has 3 amide bonds. The predicted octanol–water partition coefficient (Wildman–Crippen LogP) is 1.72. The molecular formula is C19H29N7O4S. The van der Waals surface area contributed by atoms with E-state index in [-0.39, 0.29) is 30.7 Å². The maximum atomic E-state index is 12.5. The van der Waals surface area contributed by atoms with Gasteiger partial charge >= 0.3 is 0 Å². The lowest BCUT2D eigenvalue weighted by molar-refractivity contribution is -0.136. The van der Waals surface area contributed by atoms with E-state index in [9.17, 15) is 14.4 Å². The summed E-state index contributed by atoms with van der Waals surface area (Å²) in [6.45, 7) is 4.64. The van der Waals surface area contributed by atoms with Gasteiger partial charge in [0.25, 0.3) is 0 Å². The second-order valence-corrected chi connectivity index (χ2v) is 8.16. The summed E-state index contributed by atoms with van der Waals surface area (Å²) in [4.78, 5) is 39.8. The summed E-state index contributed by atoms with van der Waals surface area (Å²) in [7, 11) is 0. The van der Waals surface area contributed by atoms with Gasteiger partial charge in [0.2, 0.25) is 17.7 Å². The second kappa shape index (κ2) is 12.7. The van der Waals surface area contributed by atoms with Crippen LogP contribution in [0.25, 0.3) is 0 Å². The van der Waals surface area contributed by atoms with E-state index in [4.69, 9.17) is 5.21 Å². The third-order valence-electron chi connectivity index (χ3n) is 4.95. The van der Waals surface area contributed by atoms with Crippen molar-refractivity contribution in [1.29, 1.82) is 0 Å². The van der Waals surface area contributed by atoms with Crippen molar-refractivity contribution < 1.29 is 19.6 Å². The van der Waals surface area contributed by atoms with Crippen LogP contribution in [0.4, 0.5) is 5.13 Å². The summed E-state index contributed by atoms with van der Waals surface area (Å²) >= 11 is 1.38. The van der Waals surface area contributed by atoms with Crippen molar-refractivity contribution in [2.45, 2.75) is 59.0 Å². The number of hydrogen-bond donors (Lipinski definition) is 4. The molecule has 0 fully saturated rings. The summed E-state index contributed by atoms with van der Waals surface area (Å²) in [5.41, 5.74) is 2.18. The normalized spacial score (nSPS) is 12.7. The molecule has 0 radical (unpaired) electrons. The van der Waals surface area contributed by atoms with Gasteiger partial charge in [-0.3, -0.25) is 24.3 Å². The van der Waals surface area contributed by atoms with Crippen LogP contribution in [-0.2, 0) is 27.5 Å². The number of anilines is 1. The molecule has 2 heterocycles. The first-order chi connectivity index (χ1) is 14.9. The number of amides is 3. The fourth-order valence-corrected chi connectivity index (χ4v) is 3.49. The van der Waals surface area contributed by atoms with E-state index >= 15 is 0 Å². The van der Waals surface area contributed by atoms with E-state index in [1.165, 1.54) is 11.3 Å². The number of aryl methyl sites for hydroxylation is 1. The van der Waals surface area contributed by atoms with E-state index in [0.717, 1.165) is 12.8 Å². The highest BCUT2D eigenvalue weighted by Gasteiger charge is 2.26. The van der Waals surface area contributed by atoms with Crippen LogP contribution in [-0.4, -0.2) is 42.9 Å². The van der Waals surface area contributed by atoms with Gasteiger partial charge in [0.05, 0.1) is 12.7 Å². The van der Waals surface area contributed by atoms with Crippen molar-refractivity contribution in [2.75, 3.05) is 5.32 Å². The lowest BCUT2D eigenvalue weighted by Gasteiger charge is -2.21. The molecule has 0 bridgehead atoms. The minimum absolute atomic E-state index is 0.0132. The monoisotopic (exact) mass is 451 g/mol. The standard InChI is InChI=1S/C19H29N7O4S/c1-3-13(2)15(10-17(28)24-30)18(29)21-11-14-12-26(25-23-14)8-5-4-6-16(27)22-19-20-7-9-31-19/h7,9,12-13,15,30H,3-6,8,10-11H2,1-2H3,(H,21,29)(H,24,28)(H,20,22,27). The number of nitrogens with one attached hydrogen (secondary N) is 3. The molecule has 11 nitrogen and oxygen atoms in total. The van der Waals surface area contributed by atoms with Crippen LogP contribution in [0.15, 0.2) is 17.8 Å². The van der Waals surface area contributed by atoms with Gasteiger partial charge in [0, 0.05) is 36.9 Å². The number of carbonyl (C=O) groups excluding carboxylic acids is 3.